The Morgan fingerprint density at radius 2 is 2.05 bits per heavy atom. The smallest absolute Gasteiger partial charge is 0.170 e. The molecule has 1 heterocycles. The van der Waals surface area contributed by atoms with Crippen molar-refractivity contribution in [1.82, 2.24) is 4.98 Å². The molecule has 2 N–H and O–H groups in total. The lowest BCUT2D eigenvalue weighted by atomic mass is 10.2. The number of methoxy groups -OCH3 is 1. The van der Waals surface area contributed by atoms with Crippen molar-refractivity contribution in [3.05, 3.63) is 47.9 Å². The molecule has 108 valence electrons. The largest absolute Gasteiger partial charge is 0.453 e. The van der Waals surface area contributed by atoms with Crippen molar-refractivity contribution in [3.63, 3.8) is 0 Å². The lowest BCUT2D eigenvalue weighted by Gasteiger charge is -2.07. The highest BCUT2D eigenvalue weighted by Gasteiger charge is 2.05. The first-order valence-electron chi connectivity index (χ1n) is 6.36. The quantitative estimate of drug-likeness (QED) is 0.693. The number of pyridine rings is 1. The molecule has 0 aliphatic carbocycles. The number of nitrogen functional groups attached to an aromatic ring is 1. The summed E-state index contributed by atoms with van der Waals surface area (Å²) in [6.45, 7) is 0.578. The molecular weight excluding hydrogens is 271 g/mol. The molecule has 0 aliphatic heterocycles. The molecule has 0 radical (unpaired) electrons. The second-order valence-electron chi connectivity index (χ2n) is 4.21. The van der Waals surface area contributed by atoms with Gasteiger partial charge in [0.1, 0.15) is 11.6 Å². The second-order valence-corrected chi connectivity index (χ2v) is 4.21. The summed E-state index contributed by atoms with van der Waals surface area (Å²) in [4.78, 5) is 4.04. The van der Waals surface area contributed by atoms with Crippen LogP contribution in [0.3, 0.4) is 0 Å². The molecule has 2 aromatic rings. The maximum atomic E-state index is 12.8. The Labute approximate surface area is 122 Å². The number of anilines is 1. The molecule has 0 saturated heterocycles. The van der Waals surface area contributed by atoms with Crippen LogP contribution in [0.2, 0.25) is 0 Å². The monoisotopic (exact) mass is 286 g/mol. The van der Waals surface area contributed by atoms with Gasteiger partial charge in [0.15, 0.2) is 11.6 Å². The first-order chi connectivity index (χ1) is 10.2. The third kappa shape index (κ3) is 4.48. The Morgan fingerprint density at radius 1 is 1.29 bits per heavy atom. The van der Waals surface area contributed by atoms with Gasteiger partial charge in [0.2, 0.25) is 0 Å². The molecular formula is C16H15FN2O2. The van der Waals surface area contributed by atoms with E-state index in [9.17, 15) is 4.39 Å². The molecule has 0 amide bonds. The molecule has 1 aromatic heterocycles. The molecule has 5 heteroatoms. The third-order valence-electron chi connectivity index (χ3n) is 2.59. The summed E-state index contributed by atoms with van der Waals surface area (Å²) >= 11 is 0. The van der Waals surface area contributed by atoms with E-state index < -0.39 is 0 Å². The van der Waals surface area contributed by atoms with Gasteiger partial charge in [-0.25, -0.2) is 9.37 Å². The highest BCUT2D eigenvalue weighted by atomic mass is 19.1. The zero-order valence-corrected chi connectivity index (χ0v) is 11.6. The summed E-state index contributed by atoms with van der Waals surface area (Å²) in [6, 6.07) is 7.36. The predicted octanol–water partition coefficient (Wildman–Crippen LogP) is 2.98. The molecule has 0 bridgehead atoms. The minimum atomic E-state index is -0.328. The van der Waals surface area contributed by atoms with E-state index in [1.165, 1.54) is 24.3 Å². The van der Waals surface area contributed by atoms with Gasteiger partial charge < -0.3 is 15.2 Å². The van der Waals surface area contributed by atoms with Crippen LogP contribution in [0.5, 0.6) is 11.5 Å². The normalized spacial score (nSPS) is 9.81. The molecule has 0 unspecified atom stereocenters. The number of halogens is 1. The molecule has 0 atom stereocenters. The van der Waals surface area contributed by atoms with Gasteiger partial charge in [0.25, 0.3) is 0 Å². The summed E-state index contributed by atoms with van der Waals surface area (Å²) in [5, 5.41) is 0. The van der Waals surface area contributed by atoms with Gasteiger partial charge in [-0.2, -0.15) is 0 Å². The van der Waals surface area contributed by atoms with Gasteiger partial charge >= 0.3 is 0 Å². The summed E-state index contributed by atoms with van der Waals surface area (Å²) in [6.07, 6.45) is 2.21. The zero-order valence-electron chi connectivity index (χ0n) is 11.6. The lowest BCUT2D eigenvalue weighted by molar-refractivity contribution is 0.206. The predicted molar refractivity (Wildman–Crippen MR) is 78.5 cm³/mol. The highest BCUT2D eigenvalue weighted by molar-refractivity contribution is 5.52. The van der Waals surface area contributed by atoms with E-state index in [0.717, 1.165) is 0 Å². The number of ether oxygens (including phenoxy) is 2. The summed E-state index contributed by atoms with van der Waals surface area (Å²) in [5.41, 5.74) is 6.46. The van der Waals surface area contributed by atoms with Gasteiger partial charge in [0, 0.05) is 31.4 Å². The first kappa shape index (κ1) is 14.8. The van der Waals surface area contributed by atoms with Crippen LogP contribution in [0.4, 0.5) is 10.2 Å². The van der Waals surface area contributed by atoms with Crippen molar-refractivity contribution in [2.75, 3.05) is 19.5 Å². The van der Waals surface area contributed by atoms with Gasteiger partial charge in [-0.15, -0.1) is 0 Å². The van der Waals surface area contributed by atoms with E-state index in [4.69, 9.17) is 15.2 Å². The molecule has 4 nitrogen and oxygen atoms in total. The maximum Gasteiger partial charge on any atom is 0.170 e. The minimum Gasteiger partial charge on any atom is -0.453 e. The molecule has 21 heavy (non-hydrogen) atoms. The zero-order chi connectivity index (χ0) is 15.1. The van der Waals surface area contributed by atoms with Gasteiger partial charge in [0.05, 0.1) is 6.61 Å². The van der Waals surface area contributed by atoms with E-state index in [2.05, 4.69) is 16.8 Å². The number of nitrogens with two attached hydrogens (primary N) is 1. The third-order valence-corrected chi connectivity index (χ3v) is 2.59. The Morgan fingerprint density at radius 3 is 2.76 bits per heavy atom. The van der Waals surface area contributed by atoms with Crippen molar-refractivity contribution in [2.45, 2.75) is 6.42 Å². The van der Waals surface area contributed by atoms with Crippen molar-refractivity contribution >= 4 is 5.82 Å². The second kappa shape index (κ2) is 7.27. The SMILES string of the molecule is COCCC#Cc1cnc(N)c(Oc2ccc(F)cc2)c1. The standard InChI is InChI=1S/C16H15FN2O2/c1-20-9-3-2-4-12-10-15(16(18)19-11-12)21-14-7-5-13(17)6-8-14/h5-8,10-11H,3,9H2,1H3,(H2,18,19). The Bertz CT molecular complexity index is 660. The van der Waals surface area contributed by atoms with Crippen molar-refractivity contribution < 1.29 is 13.9 Å². The molecule has 2 rings (SSSR count). The number of benzene rings is 1. The fraction of sp³-hybridized carbons (Fsp3) is 0.188. The average Bonchev–Trinajstić information content (AvgIpc) is 2.49. The van der Waals surface area contributed by atoms with Crippen LogP contribution >= 0.6 is 0 Å². The first-order valence-corrected chi connectivity index (χ1v) is 6.36. The summed E-state index contributed by atoms with van der Waals surface area (Å²) in [5.74, 6) is 6.71. The van der Waals surface area contributed by atoms with Crippen molar-refractivity contribution in [3.8, 4) is 23.3 Å². The highest BCUT2D eigenvalue weighted by Crippen LogP contribution is 2.26. The number of rotatable bonds is 4. The van der Waals surface area contributed by atoms with Crippen LogP contribution in [-0.2, 0) is 4.74 Å². The van der Waals surface area contributed by atoms with Crippen LogP contribution < -0.4 is 10.5 Å². The average molecular weight is 286 g/mol. The van der Waals surface area contributed by atoms with E-state index in [0.29, 0.717) is 30.1 Å². The van der Waals surface area contributed by atoms with E-state index >= 15 is 0 Å². The molecule has 0 aliphatic rings. The summed E-state index contributed by atoms with van der Waals surface area (Å²) in [7, 11) is 1.63. The van der Waals surface area contributed by atoms with E-state index in [1.54, 1.807) is 19.4 Å². The molecule has 0 saturated carbocycles. The fourth-order valence-electron chi connectivity index (χ4n) is 1.55. The Kier molecular flexibility index (Phi) is 5.13. The lowest BCUT2D eigenvalue weighted by Crippen LogP contribution is -1.96. The number of aromatic nitrogens is 1. The van der Waals surface area contributed by atoms with Crippen LogP contribution in [0.1, 0.15) is 12.0 Å². The van der Waals surface area contributed by atoms with Crippen molar-refractivity contribution in [2.24, 2.45) is 0 Å². The van der Waals surface area contributed by atoms with Gasteiger partial charge in [-0.3, -0.25) is 0 Å². The topological polar surface area (TPSA) is 57.4 Å². The fourth-order valence-corrected chi connectivity index (χ4v) is 1.55. The number of nitrogens with zero attached hydrogens (tertiary/aromatic N) is 1. The van der Waals surface area contributed by atoms with Gasteiger partial charge in [-0.05, 0) is 24.3 Å². The Balaban J connectivity index is 2.14. The maximum absolute atomic E-state index is 12.8. The van der Waals surface area contributed by atoms with Crippen LogP contribution in [-0.4, -0.2) is 18.7 Å². The molecule has 1 aromatic carbocycles. The van der Waals surface area contributed by atoms with E-state index in [-0.39, 0.29) is 11.6 Å². The Hall–Kier alpha value is -2.58. The van der Waals surface area contributed by atoms with Crippen molar-refractivity contribution in [1.29, 1.82) is 0 Å². The number of hydrogen-bond acceptors (Lipinski definition) is 4. The number of hydrogen-bond donors (Lipinski definition) is 1. The molecule has 0 spiro atoms. The minimum absolute atomic E-state index is 0.252. The van der Waals surface area contributed by atoms with E-state index in [1.807, 2.05) is 0 Å². The van der Waals surface area contributed by atoms with Crippen LogP contribution in [0, 0.1) is 17.7 Å². The van der Waals surface area contributed by atoms with Crippen LogP contribution in [0.15, 0.2) is 36.5 Å². The van der Waals surface area contributed by atoms with Gasteiger partial charge in [-0.1, -0.05) is 11.8 Å². The molecule has 0 fully saturated rings. The summed E-state index contributed by atoms with van der Waals surface area (Å²) < 4.78 is 23.4. The van der Waals surface area contributed by atoms with Crippen LogP contribution in [0.25, 0.3) is 0 Å².